The van der Waals surface area contributed by atoms with Crippen molar-refractivity contribution < 1.29 is 9.47 Å². The Balaban J connectivity index is 2.50. The maximum absolute atomic E-state index is 6.44. The highest BCUT2D eigenvalue weighted by Crippen LogP contribution is 2.36. The molecule has 2 N–H and O–H groups in total. The van der Waals surface area contributed by atoms with E-state index in [0.29, 0.717) is 11.5 Å². The molecule has 2 rings (SSSR count). The molecule has 0 aliphatic heterocycles. The third-order valence-electron chi connectivity index (χ3n) is 3.40. The van der Waals surface area contributed by atoms with E-state index in [9.17, 15) is 0 Å². The summed E-state index contributed by atoms with van der Waals surface area (Å²) in [6.45, 7) is 2.02. The fraction of sp³-hybridized carbons (Fsp3) is 0.250. The average Bonchev–Trinajstić information content (AvgIpc) is 2.46. The van der Waals surface area contributed by atoms with E-state index < -0.39 is 0 Å². The van der Waals surface area contributed by atoms with Crippen LogP contribution in [0.5, 0.6) is 11.5 Å². The van der Waals surface area contributed by atoms with E-state index in [4.69, 9.17) is 15.2 Å². The number of aryl methyl sites for hydroxylation is 1. The second-order valence-corrected chi connectivity index (χ2v) is 6.48. The molecule has 0 aliphatic rings. The highest BCUT2D eigenvalue weighted by Gasteiger charge is 2.17. The maximum Gasteiger partial charge on any atom is 0.161 e. The van der Waals surface area contributed by atoms with Gasteiger partial charge in [-0.05, 0) is 47.9 Å². The lowest BCUT2D eigenvalue weighted by atomic mass is 9.95. The van der Waals surface area contributed by atoms with Gasteiger partial charge in [0.25, 0.3) is 0 Å². The third-order valence-corrected chi connectivity index (χ3v) is 4.58. The van der Waals surface area contributed by atoms with Crippen LogP contribution in [0.4, 0.5) is 0 Å². The van der Waals surface area contributed by atoms with Crippen molar-refractivity contribution >= 4 is 31.9 Å². The van der Waals surface area contributed by atoms with Crippen LogP contribution in [-0.4, -0.2) is 14.2 Å². The zero-order valence-electron chi connectivity index (χ0n) is 12.1. The van der Waals surface area contributed by atoms with Gasteiger partial charge in [0.1, 0.15) is 0 Å². The Bertz CT molecular complexity index is 659. The lowest BCUT2D eigenvalue weighted by molar-refractivity contribution is 0.354. The number of hydrogen-bond donors (Lipinski definition) is 1. The SMILES string of the molecule is COc1cc(C)c(C(N)c2ccc(Br)cc2Br)cc1OC. The smallest absolute Gasteiger partial charge is 0.161 e. The van der Waals surface area contributed by atoms with E-state index in [1.165, 1.54) is 0 Å². The molecule has 0 saturated carbocycles. The summed E-state index contributed by atoms with van der Waals surface area (Å²) in [5.74, 6) is 1.39. The molecule has 0 aliphatic carbocycles. The Morgan fingerprint density at radius 1 is 0.952 bits per heavy atom. The summed E-state index contributed by atoms with van der Waals surface area (Å²) in [6.07, 6.45) is 0. The van der Waals surface area contributed by atoms with E-state index in [2.05, 4.69) is 31.9 Å². The van der Waals surface area contributed by atoms with Crippen molar-refractivity contribution in [3.8, 4) is 11.5 Å². The average molecular weight is 415 g/mol. The zero-order chi connectivity index (χ0) is 15.6. The number of nitrogens with two attached hydrogens (primary N) is 1. The molecule has 0 bridgehead atoms. The topological polar surface area (TPSA) is 44.5 Å². The van der Waals surface area contributed by atoms with Crippen molar-refractivity contribution in [2.24, 2.45) is 5.73 Å². The van der Waals surface area contributed by atoms with Gasteiger partial charge in [-0.2, -0.15) is 0 Å². The molecular weight excluding hydrogens is 398 g/mol. The number of ether oxygens (including phenoxy) is 2. The van der Waals surface area contributed by atoms with Gasteiger partial charge in [0, 0.05) is 8.95 Å². The van der Waals surface area contributed by atoms with Crippen LogP contribution in [0.2, 0.25) is 0 Å². The van der Waals surface area contributed by atoms with Crippen molar-refractivity contribution in [1.29, 1.82) is 0 Å². The fourth-order valence-electron chi connectivity index (χ4n) is 2.25. The van der Waals surface area contributed by atoms with Crippen LogP contribution in [0.3, 0.4) is 0 Å². The maximum atomic E-state index is 6.44. The minimum Gasteiger partial charge on any atom is -0.493 e. The number of hydrogen-bond acceptors (Lipinski definition) is 3. The number of methoxy groups -OCH3 is 2. The highest BCUT2D eigenvalue weighted by molar-refractivity contribution is 9.11. The lowest BCUT2D eigenvalue weighted by Gasteiger charge is -2.19. The Labute approximate surface area is 141 Å². The highest BCUT2D eigenvalue weighted by atomic mass is 79.9. The normalized spacial score (nSPS) is 12.1. The number of rotatable bonds is 4. The van der Waals surface area contributed by atoms with E-state index in [1.807, 2.05) is 37.3 Å². The summed E-state index contributed by atoms with van der Waals surface area (Å²) in [5.41, 5.74) is 9.54. The molecule has 0 fully saturated rings. The van der Waals surface area contributed by atoms with Gasteiger partial charge in [0.2, 0.25) is 0 Å². The van der Waals surface area contributed by atoms with Crippen LogP contribution in [0, 0.1) is 6.92 Å². The van der Waals surface area contributed by atoms with Crippen molar-refractivity contribution in [1.82, 2.24) is 0 Å². The molecule has 0 heterocycles. The van der Waals surface area contributed by atoms with Crippen molar-refractivity contribution in [3.05, 3.63) is 56.0 Å². The van der Waals surface area contributed by atoms with Crippen molar-refractivity contribution in [3.63, 3.8) is 0 Å². The van der Waals surface area contributed by atoms with Gasteiger partial charge < -0.3 is 15.2 Å². The molecule has 5 heteroatoms. The molecular formula is C16H17Br2NO2. The van der Waals surface area contributed by atoms with Crippen LogP contribution in [0.1, 0.15) is 22.7 Å². The lowest BCUT2D eigenvalue weighted by Crippen LogP contribution is -2.14. The van der Waals surface area contributed by atoms with Gasteiger partial charge in [-0.25, -0.2) is 0 Å². The van der Waals surface area contributed by atoms with E-state index in [0.717, 1.165) is 25.6 Å². The van der Waals surface area contributed by atoms with Gasteiger partial charge in [0.15, 0.2) is 11.5 Å². The molecule has 3 nitrogen and oxygen atoms in total. The summed E-state index contributed by atoms with van der Waals surface area (Å²) < 4.78 is 12.7. The summed E-state index contributed by atoms with van der Waals surface area (Å²) in [7, 11) is 3.25. The van der Waals surface area contributed by atoms with Gasteiger partial charge in [-0.1, -0.05) is 37.9 Å². The van der Waals surface area contributed by atoms with Crippen LogP contribution in [-0.2, 0) is 0 Å². The first-order valence-electron chi connectivity index (χ1n) is 6.41. The summed E-state index contributed by atoms with van der Waals surface area (Å²) in [4.78, 5) is 0. The Hall–Kier alpha value is -1.04. The minimum atomic E-state index is -0.243. The van der Waals surface area contributed by atoms with Crippen LogP contribution in [0.15, 0.2) is 39.3 Å². The zero-order valence-corrected chi connectivity index (χ0v) is 15.3. The minimum absolute atomic E-state index is 0.243. The largest absolute Gasteiger partial charge is 0.493 e. The molecule has 0 aromatic heterocycles. The molecule has 0 radical (unpaired) electrons. The number of halogens is 2. The molecule has 0 spiro atoms. The summed E-state index contributed by atoms with van der Waals surface area (Å²) >= 11 is 7.02. The quantitative estimate of drug-likeness (QED) is 0.795. The predicted molar refractivity (Wildman–Crippen MR) is 92.2 cm³/mol. The first-order chi connectivity index (χ1) is 9.97. The molecule has 2 aromatic carbocycles. The van der Waals surface area contributed by atoms with Gasteiger partial charge in [-0.15, -0.1) is 0 Å². The first-order valence-corrected chi connectivity index (χ1v) is 7.99. The Morgan fingerprint density at radius 2 is 1.57 bits per heavy atom. The molecule has 21 heavy (non-hydrogen) atoms. The molecule has 1 atom stereocenters. The third kappa shape index (κ3) is 3.42. The second kappa shape index (κ2) is 6.81. The standard InChI is InChI=1S/C16H17Br2NO2/c1-9-6-14(20-2)15(21-3)8-12(9)16(19)11-5-4-10(17)7-13(11)18/h4-8,16H,19H2,1-3H3. The summed E-state index contributed by atoms with van der Waals surface area (Å²) in [6, 6.07) is 9.62. The summed E-state index contributed by atoms with van der Waals surface area (Å²) in [5, 5.41) is 0. The molecule has 1 unspecified atom stereocenters. The second-order valence-electron chi connectivity index (χ2n) is 4.71. The van der Waals surface area contributed by atoms with E-state index >= 15 is 0 Å². The number of benzene rings is 2. The Morgan fingerprint density at radius 3 is 2.14 bits per heavy atom. The fourth-order valence-corrected chi connectivity index (χ4v) is 3.55. The van der Waals surface area contributed by atoms with Crippen LogP contribution < -0.4 is 15.2 Å². The molecule has 0 amide bonds. The van der Waals surface area contributed by atoms with Crippen LogP contribution >= 0.6 is 31.9 Å². The molecule has 112 valence electrons. The molecule has 2 aromatic rings. The Kier molecular flexibility index (Phi) is 5.30. The first kappa shape index (κ1) is 16.3. The van der Waals surface area contributed by atoms with Crippen LogP contribution in [0.25, 0.3) is 0 Å². The van der Waals surface area contributed by atoms with Crippen molar-refractivity contribution in [2.75, 3.05) is 14.2 Å². The van der Waals surface area contributed by atoms with Gasteiger partial charge in [0.05, 0.1) is 20.3 Å². The van der Waals surface area contributed by atoms with E-state index in [1.54, 1.807) is 14.2 Å². The van der Waals surface area contributed by atoms with Gasteiger partial charge in [-0.3, -0.25) is 0 Å². The van der Waals surface area contributed by atoms with Gasteiger partial charge >= 0.3 is 0 Å². The molecule has 0 saturated heterocycles. The van der Waals surface area contributed by atoms with E-state index in [-0.39, 0.29) is 6.04 Å². The monoisotopic (exact) mass is 413 g/mol. The predicted octanol–water partition coefficient (Wildman–Crippen LogP) is 4.59. The van der Waals surface area contributed by atoms with Crippen molar-refractivity contribution in [2.45, 2.75) is 13.0 Å².